The van der Waals surface area contributed by atoms with E-state index in [4.69, 9.17) is 5.53 Å². The zero-order valence-corrected chi connectivity index (χ0v) is 16.9. The topological polar surface area (TPSA) is 48.8 Å². The first-order chi connectivity index (χ1) is 12.7. The first-order valence-corrected chi connectivity index (χ1v) is 13.0. The van der Waals surface area contributed by atoms with Crippen LogP contribution in [-0.4, -0.2) is 12.7 Å². The summed E-state index contributed by atoms with van der Waals surface area (Å²) < 4.78 is 0. The maximum absolute atomic E-state index is 8.67. The van der Waals surface area contributed by atoms with Crippen molar-refractivity contribution in [2.24, 2.45) is 5.11 Å². The van der Waals surface area contributed by atoms with Gasteiger partial charge in [-0.25, -0.2) is 0 Å². The van der Waals surface area contributed by atoms with E-state index in [9.17, 15) is 0 Å². The van der Waals surface area contributed by atoms with Crippen LogP contribution >= 0.6 is 20.8 Å². The third-order valence-corrected chi connectivity index (χ3v) is 14.8. The minimum atomic E-state index is -2.85. The number of hydrogen-bond donors (Lipinski definition) is 0. The normalized spacial score (nSPS) is 12.6. The van der Waals surface area contributed by atoms with Crippen molar-refractivity contribution in [1.82, 2.24) is 0 Å². The molecular formula is C21H21BrN3P. The number of azide groups is 1. The van der Waals surface area contributed by atoms with Crippen LogP contribution in [0.15, 0.2) is 96.1 Å². The van der Waals surface area contributed by atoms with Gasteiger partial charge in [0.2, 0.25) is 0 Å². The monoisotopic (exact) mass is 425 g/mol. The van der Waals surface area contributed by atoms with Crippen molar-refractivity contribution in [3.05, 3.63) is 101 Å². The molecule has 0 amide bonds. The van der Waals surface area contributed by atoms with Crippen LogP contribution in [0.3, 0.4) is 0 Å². The Bertz CT molecular complexity index is 795. The van der Waals surface area contributed by atoms with Gasteiger partial charge in [-0.05, 0) is 0 Å². The fourth-order valence-electron chi connectivity index (χ4n) is 3.53. The molecule has 26 heavy (non-hydrogen) atoms. The SMILES string of the molecule is [N-]=[N+]=NCCCP(Br)(c1ccccc1)(c1ccccc1)c1ccccc1. The van der Waals surface area contributed by atoms with Crippen LogP contribution in [0.4, 0.5) is 0 Å². The Kier molecular flexibility index (Phi) is 5.78. The molecule has 3 nitrogen and oxygen atoms in total. The molecule has 0 aromatic heterocycles. The molecule has 0 aliphatic rings. The van der Waals surface area contributed by atoms with Crippen molar-refractivity contribution in [2.75, 3.05) is 12.7 Å². The van der Waals surface area contributed by atoms with Crippen molar-refractivity contribution in [3.8, 4) is 0 Å². The van der Waals surface area contributed by atoms with E-state index in [0.717, 1.165) is 12.6 Å². The van der Waals surface area contributed by atoms with E-state index in [1.165, 1.54) is 15.9 Å². The van der Waals surface area contributed by atoms with Gasteiger partial charge in [0.1, 0.15) is 0 Å². The van der Waals surface area contributed by atoms with Crippen molar-refractivity contribution in [1.29, 1.82) is 0 Å². The van der Waals surface area contributed by atoms with E-state index < -0.39 is 5.31 Å². The van der Waals surface area contributed by atoms with Crippen LogP contribution in [0, 0.1) is 0 Å². The molecule has 132 valence electrons. The van der Waals surface area contributed by atoms with E-state index in [0.29, 0.717) is 6.54 Å². The molecule has 0 saturated heterocycles. The minimum absolute atomic E-state index is 0.493. The maximum atomic E-state index is 8.67. The molecule has 0 radical (unpaired) electrons. The Balaban J connectivity index is 2.29. The first kappa shape index (κ1) is 18.7. The summed E-state index contributed by atoms with van der Waals surface area (Å²) in [4.78, 5) is 2.92. The summed E-state index contributed by atoms with van der Waals surface area (Å²) in [7, 11) is 0. The molecule has 0 aliphatic carbocycles. The Morgan fingerprint density at radius 2 is 1.12 bits per heavy atom. The van der Waals surface area contributed by atoms with Crippen LogP contribution in [0.2, 0.25) is 0 Å². The number of nitrogens with zero attached hydrogens (tertiary/aromatic N) is 3. The molecule has 3 rings (SSSR count). The summed E-state index contributed by atoms with van der Waals surface area (Å²) in [5.74, 6) is 0. The molecule has 0 heterocycles. The first-order valence-electron chi connectivity index (χ1n) is 8.60. The van der Waals surface area contributed by atoms with Crippen molar-refractivity contribution >= 4 is 36.7 Å². The quantitative estimate of drug-likeness (QED) is 0.157. The van der Waals surface area contributed by atoms with Gasteiger partial charge in [-0.2, -0.15) is 0 Å². The molecule has 0 spiro atoms. The fraction of sp³-hybridized carbons (Fsp3) is 0.143. The second-order valence-electron chi connectivity index (χ2n) is 6.22. The van der Waals surface area contributed by atoms with Crippen molar-refractivity contribution in [2.45, 2.75) is 6.42 Å². The molecule has 0 unspecified atom stereocenters. The Morgan fingerprint density at radius 1 is 0.731 bits per heavy atom. The van der Waals surface area contributed by atoms with Gasteiger partial charge in [-0.15, -0.1) is 0 Å². The third kappa shape index (κ3) is 3.29. The molecule has 3 aromatic rings. The van der Waals surface area contributed by atoms with E-state index in [2.05, 4.69) is 98.3 Å². The Labute approximate surface area is 162 Å². The number of benzene rings is 3. The van der Waals surface area contributed by atoms with Gasteiger partial charge in [0.05, 0.1) is 0 Å². The average Bonchev–Trinajstić information content (AvgIpc) is 2.73. The van der Waals surface area contributed by atoms with Gasteiger partial charge in [0.25, 0.3) is 0 Å². The van der Waals surface area contributed by atoms with E-state index in [1.807, 2.05) is 18.2 Å². The summed E-state index contributed by atoms with van der Waals surface area (Å²) in [5, 5.41) is 4.78. The summed E-state index contributed by atoms with van der Waals surface area (Å²) in [6.45, 7) is 0.493. The third-order valence-electron chi connectivity index (χ3n) is 4.78. The van der Waals surface area contributed by atoms with Gasteiger partial charge >= 0.3 is 162 Å². The molecular weight excluding hydrogens is 405 g/mol. The molecule has 0 aliphatic heterocycles. The Hall–Kier alpha value is -2.12. The molecule has 0 fully saturated rings. The predicted octanol–water partition coefficient (Wildman–Crippen LogP) is 5.53. The summed E-state index contributed by atoms with van der Waals surface area (Å²) >= 11 is 4.37. The van der Waals surface area contributed by atoms with Crippen LogP contribution in [-0.2, 0) is 0 Å². The van der Waals surface area contributed by atoms with Gasteiger partial charge in [0.15, 0.2) is 0 Å². The fourth-order valence-corrected chi connectivity index (χ4v) is 11.2. The van der Waals surface area contributed by atoms with Gasteiger partial charge in [-0.1, -0.05) is 0 Å². The zero-order valence-electron chi connectivity index (χ0n) is 14.4. The van der Waals surface area contributed by atoms with Gasteiger partial charge < -0.3 is 0 Å². The standard InChI is InChI=1S/C21H21BrN3P/c22-26(18-10-17-24-25-23,19-11-4-1-5-12-19,20-13-6-2-7-14-20)21-15-8-3-9-16-21/h1-9,11-16H,10,17-18H2. The van der Waals surface area contributed by atoms with Crippen molar-refractivity contribution in [3.63, 3.8) is 0 Å². The Morgan fingerprint density at radius 3 is 1.46 bits per heavy atom. The molecule has 0 N–H and O–H groups in total. The van der Waals surface area contributed by atoms with Crippen LogP contribution in [0.1, 0.15) is 6.42 Å². The molecule has 0 atom stereocenters. The van der Waals surface area contributed by atoms with E-state index in [1.54, 1.807) is 0 Å². The summed E-state index contributed by atoms with van der Waals surface area (Å²) in [6, 6.07) is 32.0. The number of rotatable bonds is 7. The van der Waals surface area contributed by atoms with Crippen LogP contribution < -0.4 is 15.9 Å². The molecule has 3 aromatic carbocycles. The zero-order chi connectivity index (χ0) is 18.3. The summed E-state index contributed by atoms with van der Waals surface area (Å²) in [6.07, 6.45) is 1.70. The van der Waals surface area contributed by atoms with E-state index in [-0.39, 0.29) is 0 Å². The van der Waals surface area contributed by atoms with Gasteiger partial charge in [-0.3, -0.25) is 0 Å². The number of hydrogen-bond acceptors (Lipinski definition) is 1. The average molecular weight is 426 g/mol. The molecule has 0 bridgehead atoms. The summed E-state index contributed by atoms with van der Waals surface area (Å²) in [5.41, 5.74) is 8.67. The van der Waals surface area contributed by atoms with E-state index >= 15 is 0 Å². The van der Waals surface area contributed by atoms with Gasteiger partial charge in [0, 0.05) is 0 Å². The second kappa shape index (κ2) is 8.05. The predicted molar refractivity (Wildman–Crippen MR) is 118 cm³/mol. The van der Waals surface area contributed by atoms with Crippen LogP contribution in [0.25, 0.3) is 10.4 Å². The second-order valence-corrected chi connectivity index (χ2v) is 15.3. The molecule has 5 heteroatoms. The molecule has 0 saturated carbocycles. The number of halogens is 1. The van der Waals surface area contributed by atoms with Crippen LogP contribution in [0.5, 0.6) is 0 Å². The van der Waals surface area contributed by atoms with Crippen molar-refractivity contribution < 1.29 is 0 Å².